The Morgan fingerprint density at radius 1 is 1.16 bits per heavy atom. The number of thioether (sulfide) groups is 1. The molecule has 0 aromatic heterocycles. The van der Waals surface area contributed by atoms with Crippen LogP contribution in [0.15, 0.2) is 54.6 Å². The summed E-state index contributed by atoms with van der Waals surface area (Å²) in [5.74, 6) is -1.17. The van der Waals surface area contributed by atoms with Crippen LogP contribution in [0.1, 0.15) is 16.8 Å². The van der Waals surface area contributed by atoms with E-state index in [1.807, 2.05) is 12.3 Å². The van der Waals surface area contributed by atoms with Crippen molar-refractivity contribution in [3.05, 3.63) is 65.2 Å². The molecule has 0 saturated carbocycles. The Kier molecular flexibility index (Phi) is 9.88. The first-order chi connectivity index (χ1) is 15.0. The first-order valence-electron chi connectivity index (χ1n) is 9.41. The van der Waals surface area contributed by atoms with E-state index in [1.165, 1.54) is 16.7 Å². The van der Waals surface area contributed by atoms with Crippen LogP contribution >= 0.6 is 23.4 Å². The molecule has 162 valence electrons. The van der Waals surface area contributed by atoms with Crippen LogP contribution in [-0.4, -0.2) is 49.0 Å². The normalized spacial score (nSPS) is 11.1. The Balaban J connectivity index is 2.04. The number of benzene rings is 2. The van der Waals surface area contributed by atoms with Gasteiger partial charge in [-0.2, -0.15) is 17.0 Å². The number of para-hydroxylation sites is 1. The highest BCUT2D eigenvalue weighted by molar-refractivity contribution is 7.98. The quantitative estimate of drug-likeness (QED) is 0.432. The Labute approximate surface area is 190 Å². The number of nitrogens with one attached hydrogen (secondary N) is 1. The zero-order valence-electron chi connectivity index (χ0n) is 16.9. The van der Waals surface area contributed by atoms with E-state index in [-0.39, 0.29) is 17.1 Å². The highest BCUT2D eigenvalue weighted by Crippen LogP contribution is 2.16. The van der Waals surface area contributed by atoms with Crippen LogP contribution in [0.3, 0.4) is 0 Å². The van der Waals surface area contributed by atoms with E-state index < -0.39 is 30.4 Å². The number of esters is 1. The maximum atomic E-state index is 12.6. The number of hydrogen-bond donors (Lipinski definition) is 1. The highest BCUT2D eigenvalue weighted by Gasteiger charge is 2.25. The molecule has 9 heteroatoms. The number of halogens is 1. The minimum absolute atomic E-state index is 0.181. The molecule has 0 bridgehead atoms. The first-order valence-corrected chi connectivity index (χ1v) is 11.2. The largest absolute Gasteiger partial charge is 0.454 e. The topological polar surface area (TPSA) is 99.5 Å². The molecule has 0 aliphatic heterocycles. The van der Waals surface area contributed by atoms with Crippen LogP contribution in [0, 0.1) is 11.3 Å². The van der Waals surface area contributed by atoms with Crippen LogP contribution in [-0.2, 0) is 14.3 Å². The highest BCUT2D eigenvalue weighted by atomic mass is 35.5. The molecule has 0 heterocycles. The summed E-state index contributed by atoms with van der Waals surface area (Å²) in [4.78, 5) is 38.9. The molecule has 2 aromatic rings. The van der Waals surface area contributed by atoms with Gasteiger partial charge >= 0.3 is 5.97 Å². The van der Waals surface area contributed by atoms with Crippen molar-refractivity contribution >= 4 is 46.8 Å². The second-order valence-electron chi connectivity index (χ2n) is 6.37. The number of rotatable bonds is 10. The lowest BCUT2D eigenvalue weighted by Crippen LogP contribution is -2.44. The SMILES string of the molecule is CSCCC(NC(=O)c1ccccc1Cl)C(=O)OCC(=O)N(CC#N)c1ccccc1. The van der Waals surface area contributed by atoms with Crippen molar-refractivity contribution < 1.29 is 19.1 Å². The fraction of sp³-hybridized carbons (Fsp3) is 0.273. The summed E-state index contributed by atoms with van der Waals surface area (Å²) >= 11 is 7.56. The summed E-state index contributed by atoms with van der Waals surface area (Å²) in [6, 6.07) is 16.1. The van der Waals surface area contributed by atoms with E-state index in [4.69, 9.17) is 21.6 Å². The molecule has 2 rings (SSSR count). The maximum absolute atomic E-state index is 12.6. The van der Waals surface area contributed by atoms with E-state index >= 15 is 0 Å². The van der Waals surface area contributed by atoms with Gasteiger partial charge in [-0.25, -0.2) is 4.79 Å². The number of carbonyl (C=O) groups is 3. The van der Waals surface area contributed by atoms with Crippen molar-refractivity contribution in [2.75, 3.05) is 30.1 Å². The smallest absolute Gasteiger partial charge is 0.329 e. The fourth-order valence-electron chi connectivity index (χ4n) is 2.68. The second-order valence-corrected chi connectivity index (χ2v) is 7.76. The summed E-state index contributed by atoms with van der Waals surface area (Å²) in [5, 5.41) is 11.9. The standard InChI is InChI=1S/C22H22ClN3O4S/c1-31-14-11-19(25-21(28)17-9-5-6-10-18(17)23)22(29)30-15-20(27)26(13-12-24)16-7-3-2-4-8-16/h2-10,19H,11,13-15H2,1H3,(H,25,28). The van der Waals surface area contributed by atoms with Gasteiger partial charge in [0.25, 0.3) is 11.8 Å². The third-order valence-electron chi connectivity index (χ3n) is 4.25. The number of carbonyl (C=O) groups excluding carboxylic acids is 3. The Morgan fingerprint density at radius 2 is 1.84 bits per heavy atom. The molecular formula is C22H22ClN3O4S. The van der Waals surface area contributed by atoms with Gasteiger partial charge in [0.05, 0.1) is 16.7 Å². The molecule has 0 saturated heterocycles. The maximum Gasteiger partial charge on any atom is 0.329 e. The Bertz CT molecular complexity index is 949. The summed E-state index contributed by atoms with van der Waals surface area (Å²) in [5.41, 5.74) is 0.766. The van der Waals surface area contributed by atoms with E-state index in [1.54, 1.807) is 54.6 Å². The van der Waals surface area contributed by atoms with E-state index in [0.29, 0.717) is 17.9 Å². The number of nitriles is 1. The molecule has 0 fully saturated rings. The molecule has 31 heavy (non-hydrogen) atoms. The molecule has 0 spiro atoms. The molecule has 0 aliphatic carbocycles. The number of nitrogens with zero attached hydrogens (tertiary/aromatic N) is 2. The summed E-state index contributed by atoms with van der Waals surface area (Å²) in [6.07, 6.45) is 2.20. The Hall–Kier alpha value is -3.02. The first kappa shape index (κ1) is 24.3. The minimum atomic E-state index is -0.940. The zero-order valence-corrected chi connectivity index (χ0v) is 18.5. The van der Waals surface area contributed by atoms with Crippen molar-refractivity contribution in [3.8, 4) is 6.07 Å². The molecule has 1 N–H and O–H groups in total. The molecule has 0 radical (unpaired) electrons. The fourth-order valence-corrected chi connectivity index (χ4v) is 3.37. The van der Waals surface area contributed by atoms with Gasteiger partial charge < -0.3 is 10.1 Å². The number of amides is 2. The minimum Gasteiger partial charge on any atom is -0.454 e. The molecule has 0 aliphatic rings. The third kappa shape index (κ3) is 7.31. The molecular weight excluding hydrogens is 438 g/mol. The van der Waals surface area contributed by atoms with Gasteiger partial charge in [-0.1, -0.05) is 41.9 Å². The van der Waals surface area contributed by atoms with Crippen LogP contribution < -0.4 is 10.2 Å². The lowest BCUT2D eigenvalue weighted by molar-refractivity contribution is -0.149. The average Bonchev–Trinajstić information content (AvgIpc) is 2.79. The van der Waals surface area contributed by atoms with Gasteiger partial charge in [0, 0.05) is 5.69 Å². The number of ether oxygens (including phenoxy) is 1. The van der Waals surface area contributed by atoms with Crippen molar-refractivity contribution in [3.63, 3.8) is 0 Å². The van der Waals surface area contributed by atoms with E-state index in [9.17, 15) is 14.4 Å². The molecule has 2 aromatic carbocycles. The van der Waals surface area contributed by atoms with E-state index in [0.717, 1.165) is 0 Å². The van der Waals surface area contributed by atoms with Crippen LogP contribution in [0.4, 0.5) is 5.69 Å². The van der Waals surface area contributed by atoms with Crippen molar-refractivity contribution in [2.45, 2.75) is 12.5 Å². The summed E-state index contributed by atoms with van der Waals surface area (Å²) in [7, 11) is 0. The van der Waals surface area contributed by atoms with Crippen molar-refractivity contribution in [1.29, 1.82) is 5.26 Å². The molecule has 7 nitrogen and oxygen atoms in total. The Morgan fingerprint density at radius 3 is 2.48 bits per heavy atom. The number of anilines is 1. The van der Waals surface area contributed by atoms with Crippen LogP contribution in [0.5, 0.6) is 0 Å². The van der Waals surface area contributed by atoms with Crippen molar-refractivity contribution in [1.82, 2.24) is 5.32 Å². The van der Waals surface area contributed by atoms with Crippen LogP contribution in [0.2, 0.25) is 5.02 Å². The predicted octanol–water partition coefficient (Wildman–Crippen LogP) is 3.29. The monoisotopic (exact) mass is 459 g/mol. The van der Waals surface area contributed by atoms with Gasteiger partial charge in [0.1, 0.15) is 12.6 Å². The average molecular weight is 460 g/mol. The van der Waals surface area contributed by atoms with Gasteiger partial charge in [0.2, 0.25) is 0 Å². The van der Waals surface area contributed by atoms with Gasteiger partial charge in [0.15, 0.2) is 6.61 Å². The zero-order chi connectivity index (χ0) is 22.6. The third-order valence-corrected chi connectivity index (χ3v) is 5.23. The number of hydrogen-bond acceptors (Lipinski definition) is 6. The lowest BCUT2D eigenvalue weighted by Gasteiger charge is -2.21. The van der Waals surface area contributed by atoms with Gasteiger partial charge in [-0.05, 0) is 42.7 Å². The summed E-state index contributed by atoms with van der Waals surface area (Å²) < 4.78 is 5.18. The van der Waals surface area contributed by atoms with Gasteiger partial charge in [-0.3, -0.25) is 14.5 Å². The van der Waals surface area contributed by atoms with Crippen molar-refractivity contribution in [2.24, 2.45) is 0 Å². The molecule has 1 unspecified atom stereocenters. The predicted molar refractivity (Wildman–Crippen MR) is 121 cm³/mol. The van der Waals surface area contributed by atoms with Gasteiger partial charge in [-0.15, -0.1) is 0 Å². The van der Waals surface area contributed by atoms with E-state index in [2.05, 4.69) is 5.32 Å². The lowest BCUT2D eigenvalue weighted by atomic mass is 10.1. The molecule has 2 amide bonds. The second kappa shape index (κ2) is 12.6. The molecule has 1 atom stereocenters. The van der Waals surface area contributed by atoms with Crippen LogP contribution in [0.25, 0.3) is 0 Å². The summed E-state index contributed by atoms with van der Waals surface area (Å²) in [6.45, 7) is -0.729.